The van der Waals surface area contributed by atoms with Gasteiger partial charge in [-0.2, -0.15) is 0 Å². The fraction of sp³-hybridized carbons (Fsp3) is 0.423. The van der Waals surface area contributed by atoms with E-state index in [0.29, 0.717) is 18.2 Å². The monoisotopic (exact) mass is 429 g/mol. The minimum atomic E-state index is 0.298. The maximum absolute atomic E-state index is 12.8. The standard InChI is InChI=1S/C26H31N5O/c32-26(30-18-16-29(17-19-30)24-9-3-4-14-27-24)13-10-21-6-5-15-31(20-21)25-12-11-22-7-1-2-8-23(22)28-25/h1-4,7-9,11-12,14,21H,5-6,10,13,15-20H2/t21-/m0/s1. The van der Waals surface area contributed by atoms with E-state index >= 15 is 0 Å². The number of aromatic nitrogens is 2. The lowest BCUT2D eigenvalue weighted by Crippen LogP contribution is -2.49. The number of piperidine rings is 1. The first-order valence-corrected chi connectivity index (χ1v) is 11.8. The minimum Gasteiger partial charge on any atom is -0.356 e. The van der Waals surface area contributed by atoms with Gasteiger partial charge in [0.05, 0.1) is 5.52 Å². The van der Waals surface area contributed by atoms with E-state index in [2.05, 4.69) is 45.1 Å². The number of pyridine rings is 2. The van der Waals surface area contributed by atoms with E-state index < -0.39 is 0 Å². The summed E-state index contributed by atoms with van der Waals surface area (Å²) in [5, 5.41) is 1.18. The third-order valence-corrected chi connectivity index (χ3v) is 6.80. The summed E-state index contributed by atoms with van der Waals surface area (Å²) >= 11 is 0. The quantitative estimate of drug-likeness (QED) is 0.614. The molecule has 2 saturated heterocycles. The smallest absolute Gasteiger partial charge is 0.222 e. The number of rotatable bonds is 5. The Morgan fingerprint density at radius 2 is 1.72 bits per heavy atom. The first-order chi connectivity index (χ1) is 15.8. The predicted molar refractivity (Wildman–Crippen MR) is 129 cm³/mol. The molecule has 0 saturated carbocycles. The van der Waals surface area contributed by atoms with Gasteiger partial charge in [-0.15, -0.1) is 0 Å². The Bertz CT molecular complexity index is 1050. The van der Waals surface area contributed by atoms with Crippen molar-refractivity contribution in [2.45, 2.75) is 25.7 Å². The van der Waals surface area contributed by atoms with Crippen molar-refractivity contribution in [3.05, 3.63) is 60.8 Å². The second-order valence-electron chi connectivity index (χ2n) is 8.91. The molecule has 2 fully saturated rings. The van der Waals surface area contributed by atoms with E-state index in [4.69, 9.17) is 4.98 Å². The fourth-order valence-corrected chi connectivity index (χ4v) is 4.95. The van der Waals surface area contributed by atoms with E-state index in [1.165, 1.54) is 11.8 Å². The van der Waals surface area contributed by atoms with Crippen molar-refractivity contribution >= 4 is 28.4 Å². The topological polar surface area (TPSA) is 52.6 Å². The van der Waals surface area contributed by atoms with Crippen molar-refractivity contribution < 1.29 is 4.79 Å². The van der Waals surface area contributed by atoms with Crippen LogP contribution in [0.25, 0.3) is 10.9 Å². The van der Waals surface area contributed by atoms with Crippen LogP contribution in [-0.2, 0) is 4.79 Å². The summed E-state index contributed by atoms with van der Waals surface area (Å²) in [6, 6.07) is 18.6. The van der Waals surface area contributed by atoms with Crippen LogP contribution in [0.15, 0.2) is 60.8 Å². The summed E-state index contributed by atoms with van der Waals surface area (Å²) in [4.78, 5) is 28.8. The van der Waals surface area contributed by atoms with Gasteiger partial charge in [0.1, 0.15) is 11.6 Å². The molecule has 1 atom stereocenters. The molecule has 1 amide bonds. The maximum Gasteiger partial charge on any atom is 0.222 e. The molecule has 2 aliphatic heterocycles. The molecule has 6 nitrogen and oxygen atoms in total. The molecule has 0 bridgehead atoms. The van der Waals surface area contributed by atoms with E-state index in [1.807, 2.05) is 35.4 Å². The summed E-state index contributed by atoms with van der Waals surface area (Å²) in [5.74, 6) is 2.91. The third kappa shape index (κ3) is 4.69. The van der Waals surface area contributed by atoms with Gasteiger partial charge in [-0.3, -0.25) is 4.79 Å². The second-order valence-corrected chi connectivity index (χ2v) is 8.91. The number of hydrogen-bond donors (Lipinski definition) is 0. The number of para-hydroxylation sites is 1. The van der Waals surface area contributed by atoms with Gasteiger partial charge in [0.25, 0.3) is 0 Å². The number of benzene rings is 1. The molecule has 4 heterocycles. The van der Waals surface area contributed by atoms with Crippen molar-refractivity contribution in [2.24, 2.45) is 5.92 Å². The zero-order valence-electron chi connectivity index (χ0n) is 18.6. The zero-order valence-corrected chi connectivity index (χ0v) is 18.6. The van der Waals surface area contributed by atoms with Gasteiger partial charge in [0, 0.05) is 57.3 Å². The Labute approximate surface area is 189 Å². The minimum absolute atomic E-state index is 0.298. The van der Waals surface area contributed by atoms with Gasteiger partial charge in [-0.05, 0) is 55.5 Å². The van der Waals surface area contributed by atoms with E-state index in [-0.39, 0.29) is 0 Å². The first-order valence-electron chi connectivity index (χ1n) is 11.8. The first kappa shape index (κ1) is 20.7. The summed E-state index contributed by atoms with van der Waals surface area (Å²) < 4.78 is 0. The van der Waals surface area contributed by atoms with Crippen molar-refractivity contribution in [1.82, 2.24) is 14.9 Å². The lowest BCUT2D eigenvalue weighted by atomic mass is 9.93. The van der Waals surface area contributed by atoms with Crippen molar-refractivity contribution in [3.8, 4) is 0 Å². The molecule has 0 aliphatic carbocycles. The summed E-state index contributed by atoms with van der Waals surface area (Å²) in [7, 11) is 0. The molecule has 0 spiro atoms. The van der Waals surface area contributed by atoms with Gasteiger partial charge in [0.15, 0.2) is 0 Å². The number of carbonyl (C=O) groups is 1. The molecule has 3 aromatic rings. The van der Waals surface area contributed by atoms with Crippen LogP contribution in [0.1, 0.15) is 25.7 Å². The molecule has 2 aliphatic rings. The van der Waals surface area contributed by atoms with Crippen LogP contribution in [0, 0.1) is 5.92 Å². The van der Waals surface area contributed by atoms with Crippen LogP contribution in [0.3, 0.4) is 0 Å². The van der Waals surface area contributed by atoms with Crippen molar-refractivity contribution in [2.75, 3.05) is 49.1 Å². The van der Waals surface area contributed by atoms with Crippen LogP contribution in [0.5, 0.6) is 0 Å². The van der Waals surface area contributed by atoms with Crippen molar-refractivity contribution in [3.63, 3.8) is 0 Å². The highest BCUT2D eigenvalue weighted by atomic mass is 16.2. The predicted octanol–water partition coefficient (Wildman–Crippen LogP) is 3.98. The van der Waals surface area contributed by atoms with Gasteiger partial charge >= 0.3 is 0 Å². The highest BCUT2D eigenvalue weighted by molar-refractivity contribution is 5.80. The molecular formula is C26H31N5O. The highest BCUT2D eigenvalue weighted by Gasteiger charge is 2.25. The molecule has 32 heavy (non-hydrogen) atoms. The van der Waals surface area contributed by atoms with E-state index in [1.54, 1.807) is 0 Å². The molecule has 0 radical (unpaired) electrons. The number of nitrogens with zero attached hydrogens (tertiary/aromatic N) is 5. The van der Waals surface area contributed by atoms with E-state index in [9.17, 15) is 4.79 Å². The van der Waals surface area contributed by atoms with Crippen LogP contribution in [-0.4, -0.2) is 60.0 Å². The second kappa shape index (κ2) is 9.55. The highest BCUT2D eigenvalue weighted by Crippen LogP contribution is 2.26. The fourth-order valence-electron chi connectivity index (χ4n) is 4.95. The van der Waals surface area contributed by atoms with Gasteiger partial charge in [-0.25, -0.2) is 9.97 Å². The van der Waals surface area contributed by atoms with Gasteiger partial charge in [0.2, 0.25) is 5.91 Å². The molecular weight excluding hydrogens is 398 g/mol. The molecule has 0 unspecified atom stereocenters. The Balaban J connectivity index is 1.12. The Morgan fingerprint density at radius 3 is 2.56 bits per heavy atom. The van der Waals surface area contributed by atoms with Crippen LogP contribution < -0.4 is 9.80 Å². The van der Waals surface area contributed by atoms with Crippen LogP contribution in [0.2, 0.25) is 0 Å². The Morgan fingerprint density at radius 1 is 0.875 bits per heavy atom. The molecule has 166 valence electrons. The average Bonchev–Trinajstić information content (AvgIpc) is 2.88. The number of amides is 1. The lowest BCUT2D eigenvalue weighted by molar-refractivity contribution is -0.131. The number of piperazine rings is 1. The third-order valence-electron chi connectivity index (χ3n) is 6.80. The molecule has 6 heteroatoms. The number of carbonyl (C=O) groups excluding carboxylic acids is 1. The van der Waals surface area contributed by atoms with Crippen molar-refractivity contribution in [1.29, 1.82) is 0 Å². The maximum atomic E-state index is 12.8. The summed E-state index contributed by atoms with van der Waals surface area (Å²) in [6.45, 7) is 5.32. The molecule has 5 rings (SSSR count). The number of anilines is 2. The van der Waals surface area contributed by atoms with Crippen LogP contribution in [0.4, 0.5) is 11.6 Å². The Hall–Kier alpha value is -3.15. The SMILES string of the molecule is O=C(CC[C@@H]1CCCN(c2ccc3ccccc3n2)C1)N1CCN(c2ccccn2)CC1. The molecule has 1 aromatic carbocycles. The van der Waals surface area contributed by atoms with Gasteiger partial charge < -0.3 is 14.7 Å². The molecule has 2 aromatic heterocycles. The summed E-state index contributed by atoms with van der Waals surface area (Å²) in [5.41, 5.74) is 1.05. The lowest BCUT2D eigenvalue weighted by Gasteiger charge is -2.36. The van der Waals surface area contributed by atoms with Gasteiger partial charge in [-0.1, -0.05) is 24.3 Å². The molecule has 0 N–H and O–H groups in total. The van der Waals surface area contributed by atoms with E-state index in [0.717, 1.165) is 69.3 Å². The van der Waals surface area contributed by atoms with Crippen LogP contribution >= 0.6 is 0 Å². The average molecular weight is 430 g/mol. The zero-order chi connectivity index (χ0) is 21.8. The summed E-state index contributed by atoms with van der Waals surface area (Å²) in [6.07, 6.45) is 5.80. The number of fused-ring (bicyclic) bond motifs is 1. The normalized spacial score (nSPS) is 19.4. The number of hydrogen-bond acceptors (Lipinski definition) is 5. The Kier molecular flexibility index (Phi) is 6.19. The largest absolute Gasteiger partial charge is 0.356 e.